The first-order valence-electron chi connectivity index (χ1n) is 4.84. The molecular formula is C11H10N4S. The van der Waals surface area contributed by atoms with Crippen molar-refractivity contribution < 1.29 is 0 Å². The molecule has 5 heteroatoms. The first kappa shape index (κ1) is 10.7. The second-order valence-corrected chi connectivity index (χ2v) is 4.48. The van der Waals surface area contributed by atoms with Crippen LogP contribution in [0.5, 0.6) is 0 Å². The molecule has 80 valence electrons. The molecule has 0 spiro atoms. The summed E-state index contributed by atoms with van der Waals surface area (Å²) < 4.78 is 0. The van der Waals surface area contributed by atoms with Gasteiger partial charge >= 0.3 is 0 Å². The van der Waals surface area contributed by atoms with Crippen LogP contribution in [0.3, 0.4) is 0 Å². The Balaban J connectivity index is 2.34. The third kappa shape index (κ3) is 2.21. The van der Waals surface area contributed by atoms with Crippen molar-refractivity contribution in [2.24, 2.45) is 5.11 Å². The fourth-order valence-corrected chi connectivity index (χ4v) is 2.31. The molecule has 0 aliphatic rings. The largest absolute Gasteiger partial charge is 0.241 e. The Hall–Kier alpha value is -1.84. The molecule has 2 rings (SSSR count). The van der Waals surface area contributed by atoms with E-state index in [4.69, 9.17) is 5.53 Å². The van der Waals surface area contributed by atoms with Crippen LogP contribution in [0, 0.1) is 6.92 Å². The third-order valence-electron chi connectivity index (χ3n) is 2.20. The fourth-order valence-electron chi connectivity index (χ4n) is 1.38. The van der Waals surface area contributed by atoms with Gasteiger partial charge in [-0.3, -0.25) is 0 Å². The van der Waals surface area contributed by atoms with Crippen LogP contribution in [0.1, 0.15) is 10.6 Å². The molecule has 0 amide bonds. The van der Waals surface area contributed by atoms with Gasteiger partial charge in [0.25, 0.3) is 0 Å². The van der Waals surface area contributed by atoms with E-state index in [9.17, 15) is 0 Å². The first-order valence-corrected chi connectivity index (χ1v) is 5.65. The lowest BCUT2D eigenvalue weighted by atomic mass is 10.2. The summed E-state index contributed by atoms with van der Waals surface area (Å²) in [5.41, 5.74) is 10.2. The molecule has 0 radical (unpaired) electrons. The van der Waals surface area contributed by atoms with Crippen molar-refractivity contribution in [3.05, 3.63) is 51.3 Å². The number of aryl methyl sites for hydroxylation is 1. The van der Waals surface area contributed by atoms with E-state index >= 15 is 0 Å². The topological polar surface area (TPSA) is 61.7 Å². The Morgan fingerprint density at radius 1 is 1.38 bits per heavy atom. The summed E-state index contributed by atoms with van der Waals surface area (Å²) in [5.74, 6) is 0. The number of thiazole rings is 1. The standard InChI is InChI=1S/C11H10N4S/c1-8-10(7-13-15-12)14-11(16-8)9-5-3-2-4-6-9/h2-6H,7H2,1H3. The fraction of sp³-hybridized carbons (Fsp3) is 0.182. The van der Waals surface area contributed by atoms with Crippen molar-refractivity contribution in [3.63, 3.8) is 0 Å². The maximum Gasteiger partial charge on any atom is 0.123 e. The summed E-state index contributed by atoms with van der Waals surface area (Å²) >= 11 is 1.62. The molecule has 1 aromatic heterocycles. The zero-order valence-electron chi connectivity index (χ0n) is 8.79. The Labute approximate surface area is 97.2 Å². The molecule has 0 saturated carbocycles. The van der Waals surface area contributed by atoms with Gasteiger partial charge in [-0.05, 0) is 12.5 Å². The number of hydrogen-bond acceptors (Lipinski definition) is 3. The van der Waals surface area contributed by atoms with E-state index in [0.29, 0.717) is 6.54 Å². The number of nitrogens with zero attached hydrogens (tertiary/aromatic N) is 4. The SMILES string of the molecule is Cc1sc(-c2ccccc2)nc1CN=[N+]=[N-]. The van der Waals surface area contributed by atoms with E-state index in [1.807, 2.05) is 37.3 Å². The molecule has 16 heavy (non-hydrogen) atoms. The van der Waals surface area contributed by atoms with Gasteiger partial charge in [-0.15, -0.1) is 11.3 Å². The summed E-state index contributed by atoms with van der Waals surface area (Å²) in [7, 11) is 0. The van der Waals surface area contributed by atoms with Crippen LogP contribution in [0.15, 0.2) is 35.4 Å². The lowest BCUT2D eigenvalue weighted by Crippen LogP contribution is -1.83. The van der Waals surface area contributed by atoms with E-state index < -0.39 is 0 Å². The van der Waals surface area contributed by atoms with E-state index in [-0.39, 0.29) is 0 Å². The molecule has 0 atom stereocenters. The second kappa shape index (κ2) is 4.79. The van der Waals surface area contributed by atoms with Gasteiger partial charge in [0.2, 0.25) is 0 Å². The van der Waals surface area contributed by atoms with Gasteiger partial charge in [0, 0.05) is 15.4 Å². The van der Waals surface area contributed by atoms with Crippen molar-refractivity contribution in [2.75, 3.05) is 0 Å². The molecule has 0 N–H and O–H groups in total. The van der Waals surface area contributed by atoms with Crippen LogP contribution in [0.25, 0.3) is 21.0 Å². The predicted octanol–water partition coefficient (Wildman–Crippen LogP) is 3.93. The molecule has 0 saturated heterocycles. The maximum atomic E-state index is 8.28. The lowest BCUT2D eigenvalue weighted by molar-refractivity contribution is 0.983. The highest BCUT2D eigenvalue weighted by molar-refractivity contribution is 7.15. The lowest BCUT2D eigenvalue weighted by Gasteiger charge is -1.93. The zero-order valence-corrected chi connectivity index (χ0v) is 9.61. The Bertz CT molecular complexity index is 526. The average molecular weight is 230 g/mol. The molecule has 0 fully saturated rings. The summed E-state index contributed by atoms with van der Waals surface area (Å²) in [6.45, 7) is 2.32. The van der Waals surface area contributed by atoms with Gasteiger partial charge in [0.1, 0.15) is 5.01 Å². The quantitative estimate of drug-likeness (QED) is 0.447. The van der Waals surface area contributed by atoms with E-state index in [1.54, 1.807) is 11.3 Å². The molecular weight excluding hydrogens is 220 g/mol. The van der Waals surface area contributed by atoms with Gasteiger partial charge in [-0.25, -0.2) is 4.98 Å². The number of azide groups is 1. The third-order valence-corrected chi connectivity index (χ3v) is 3.26. The van der Waals surface area contributed by atoms with Crippen molar-refractivity contribution >= 4 is 11.3 Å². The van der Waals surface area contributed by atoms with E-state index in [2.05, 4.69) is 15.0 Å². The minimum atomic E-state index is 0.325. The van der Waals surface area contributed by atoms with Gasteiger partial charge in [-0.2, -0.15) is 0 Å². The van der Waals surface area contributed by atoms with Gasteiger partial charge in [0.15, 0.2) is 0 Å². The molecule has 0 aliphatic heterocycles. The number of aromatic nitrogens is 1. The van der Waals surface area contributed by atoms with Crippen molar-refractivity contribution in [1.82, 2.24) is 4.98 Å². The van der Waals surface area contributed by atoms with E-state index in [1.165, 1.54) is 0 Å². The highest BCUT2D eigenvalue weighted by Gasteiger charge is 2.07. The summed E-state index contributed by atoms with van der Waals surface area (Å²) in [4.78, 5) is 8.32. The van der Waals surface area contributed by atoms with Crippen molar-refractivity contribution in [1.29, 1.82) is 0 Å². The predicted molar refractivity (Wildman–Crippen MR) is 65.1 cm³/mol. The Morgan fingerprint density at radius 3 is 2.81 bits per heavy atom. The Kier molecular flexibility index (Phi) is 3.19. The molecule has 0 unspecified atom stereocenters. The monoisotopic (exact) mass is 230 g/mol. The number of rotatable bonds is 3. The molecule has 4 nitrogen and oxygen atoms in total. The summed E-state index contributed by atoms with van der Waals surface area (Å²) in [6.07, 6.45) is 0. The van der Waals surface area contributed by atoms with Crippen molar-refractivity contribution in [3.8, 4) is 10.6 Å². The summed E-state index contributed by atoms with van der Waals surface area (Å²) in [5, 5.41) is 4.51. The van der Waals surface area contributed by atoms with Crippen LogP contribution < -0.4 is 0 Å². The average Bonchev–Trinajstić information content (AvgIpc) is 2.69. The molecule has 2 aromatic rings. The smallest absolute Gasteiger partial charge is 0.123 e. The van der Waals surface area contributed by atoms with Gasteiger partial charge in [0.05, 0.1) is 12.2 Å². The van der Waals surface area contributed by atoms with Crippen LogP contribution >= 0.6 is 11.3 Å². The van der Waals surface area contributed by atoms with Crippen LogP contribution in [0.2, 0.25) is 0 Å². The van der Waals surface area contributed by atoms with Crippen LogP contribution in [0.4, 0.5) is 0 Å². The minimum Gasteiger partial charge on any atom is -0.241 e. The highest BCUT2D eigenvalue weighted by atomic mass is 32.1. The summed E-state index contributed by atoms with van der Waals surface area (Å²) in [6, 6.07) is 9.99. The van der Waals surface area contributed by atoms with Crippen molar-refractivity contribution in [2.45, 2.75) is 13.5 Å². The van der Waals surface area contributed by atoms with Gasteiger partial charge in [-0.1, -0.05) is 35.4 Å². The van der Waals surface area contributed by atoms with Crippen LogP contribution in [-0.4, -0.2) is 4.98 Å². The normalized spacial score (nSPS) is 9.81. The number of benzene rings is 1. The maximum absolute atomic E-state index is 8.28. The molecule has 1 aromatic carbocycles. The highest BCUT2D eigenvalue weighted by Crippen LogP contribution is 2.27. The molecule has 0 aliphatic carbocycles. The van der Waals surface area contributed by atoms with E-state index in [0.717, 1.165) is 21.1 Å². The second-order valence-electron chi connectivity index (χ2n) is 3.28. The Morgan fingerprint density at radius 2 is 2.12 bits per heavy atom. The molecule has 0 bridgehead atoms. The zero-order chi connectivity index (χ0) is 11.4. The minimum absolute atomic E-state index is 0.325. The first-order chi connectivity index (χ1) is 7.81. The molecule has 1 heterocycles. The van der Waals surface area contributed by atoms with Crippen LogP contribution in [-0.2, 0) is 6.54 Å². The number of hydrogen-bond donors (Lipinski definition) is 0. The van der Waals surface area contributed by atoms with Gasteiger partial charge < -0.3 is 0 Å².